The third kappa shape index (κ3) is 7.54. The maximum Gasteiger partial charge on any atom is 0.0918 e. The van der Waals surface area contributed by atoms with Gasteiger partial charge in [-0.2, -0.15) is 0 Å². The topological polar surface area (TPSA) is 15.7 Å². The van der Waals surface area contributed by atoms with Crippen molar-refractivity contribution in [2.45, 2.75) is 40.2 Å². The molecule has 0 aliphatic carbocycles. The first-order chi connectivity index (χ1) is 8.92. The average Bonchev–Trinajstić information content (AvgIpc) is 2.33. The van der Waals surface area contributed by atoms with Gasteiger partial charge in [-0.15, -0.1) is 11.8 Å². The first-order valence-corrected chi connectivity index (χ1v) is 8.85. The van der Waals surface area contributed by atoms with Crippen LogP contribution in [-0.2, 0) is 4.74 Å². The summed E-state index contributed by atoms with van der Waals surface area (Å²) in [5, 5.41) is 0. The summed E-state index contributed by atoms with van der Waals surface area (Å²) in [7, 11) is 0. The van der Waals surface area contributed by atoms with E-state index in [9.17, 15) is 0 Å². The molecule has 1 rings (SSSR count). The zero-order valence-electron chi connectivity index (χ0n) is 13.4. The molecule has 0 aromatic heterocycles. The Morgan fingerprint density at radius 2 is 1.95 bits per heavy atom. The van der Waals surface area contributed by atoms with Gasteiger partial charge in [0.2, 0.25) is 0 Å². The predicted octanol–water partition coefficient (Wildman–Crippen LogP) is 2.77. The van der Waals surface area contributed by atoms with Gasteiger partial charge in [0.05, 0.1) is 12.5 Å². The molecule has 0 N–H and O–H groups in total. The van der Waals surface area contributed by atoms with Gasteiger partial charge in [0.1, 0.15) is 0 Å². The summed E-state index contributed by atoms with van der Waals surface area (Å²) in [5.74, 6) is 0.819. The van der Waals surface area contributed by atoms with Gasteiger partial charge < -0.3 is 9.64 Å². The number of piperazine rings is 1. The predicted molar refractivity (Wildman–Crippen MR) is 85.9 cm³/mol. The van der Waals surface area contributed by atoms with Crippen molar-refractivity contribution in [3.8, 4) is 0 Å². The standard InChI is InChI=1S/C15H32N2OS/c1-14-12-16(7-6-15(2,3)4)8-9-17(14)10-11-18-13-19-5/h14H,6-13H2,1-5H3/t14-/m1/s1. The van der Waals surface area contributed by atoms with E-state index in [1.54, 1.807) is 11.8 Å². The molecule has 19 heavy (non-hydrogen) atoms. The van der Waals surface area contributed by atoms with E-state index in [4.69, 9.17) is 4.74 Å². The summed E-state index contributed by atoms with van der Waals surface area (Å²) in [4.78, 5) is 5.18. The van der Waals surface area contributed by atoms with Crippen molar-refractivity contribution in [3.63, 3.8) is 0 Å². The SMILES string of the molecule is CSCOCCN1CCN(CCC(C)(C)C)C[C@H]1C. The van der Waals surface area contributed by atoms with E-state index in [2.05, 4.69) is 43.8 Å². The fourth-order valence-electron chi connectivity index (χ4n) is 2.42. The van der Waals surface area contributed by atoms with E-state index in [1.807, 2.05) is 0 Å². The van der Waals surface area contributed by atoms with Gasteiger partial charge in [0, 0.05) is 32.2 Å². The minimum absolute atomic E-state index is 0.450. The average molecular weight is 289 g/mol. The molecule has 114 valence electrons. The zero-order chi connectivity index (χ0) is 14.3. The molecule has 3 nitrogen and oxygen atoms in total. The highest BCUT2D eigenvalue weighted by Crippen LogP contribution is 2.20. The van der Waals surface area contributed by atoms with E-state index in [-0.39, 0.29) is 0 Å². The minimum Gasteiger partial charge on any atom is -0.370 e. The van der Waals surface area contributed by atoms with E-state index in [1.165, 1.54) is 32.6 Å². The number of hydrogen-bond donors (Lipinski definition) is 0. The van der Waals surface area contributed by atoms with Crippen LogP contribution in [-0.4, -0.2) is 67.4 Å². The van der Waals surface area contributed by atoms with E-state index >= 15 is 0 Å². The van der Waals surface area contributed by atoms with Crippen LogP contribution in [0, 0.1) is 5.41 Å². The highest BCUT2D eigenvalue weighted by molar-refractivity contribution is 7.98. The fourth-order valence-corrected chi connectivity index (χ4v) is 2.71. The van der Waals surface area contributed by atoms with E-state index in [0.717, 1.165) is 19.1 Å². The van der Waals surface area contributed by atoms with Gasteiger partial charge in [-0.05, 0) is 31.6 Å². The van der Waals surface area contributed by atoms with E-state index in [0.29, 0.717) is 11.5 Å². The van der Waals surface area contributed by atoms with Crippen LogP contribution in [0.4, 0.5) is 0 Å². The second-order valence-corrected chi connectivity index (χ2v) is 7.62. The van der Waals surface area contributed by atoms with Crippen LogP contribution in [0.2, 0.25) is 0 Å². The van der Waals surface area contributed by atoms with Gasteiger partial charge in [0.25, 0.3) is 0 Å². The Balaban J connectivity index is 2.19. The smallest absolute Gasteiger partial charge is 0.0918 e. The summed E-state index contributed by atoms with van der Waals surface area (Å²) in [5.41, 5.74) is 0.450. The van der Waals surface area contributed by atoms with Crippen molar-refractivity contribution in [1.82, 2.24) is 9.80 Å². The molecular weight excluding hydrogens is 256 g/mol. The molecule has 0 aromatic carbocycles. The van der Waals surface area contributed by atoms with Crippen molar-refractivity contribution < 1.29 is 4.74 Å². The van der Waals surface area contributed by atoms with Crippen molar-refractivity contribution in [1.29, 1.82) is 0 Å². The van der Waals surface area contributed by atoms with Crippen LogP contribution < -0.4 is 0 Å². The number of nitrogens with zero attached hydrogens (tertiary/aromatic N) is 2. The van der Waals surface area contributed by atoms with Gasteiger partial charge in [-0.25, -0.2) is 0 Å². The van der Waals surface area contributed by atoms with Crippen molar-refractivity contribution in [2.24, 2.45) is 5.41 Å². The first-order valence-electron chi connectivity index (χ1n) is 7.45. The molecule has 0 amide bonds. The molecule has 0 spiro atoms. The molecular formula is C15H32N2OS. The molecule has 1 aliphatic rings. The third-order valence-corrected chi connectivity index (χ3v) is 4.15. The molecule has 4 heteroatoms. The first kappa shape index (κ1) is 17.3. The van der Waals surface area contributed by atoms with Crippen LogP contribution in [0.5, 0.6) is 0 Å². The lowest BCUT2D eigenvalue weighted by molar-refractivity contribution is 0.0522. The molecule has 0 unspecified atom stereocenters. The third-order valence-electron chi connectivity index (χ3n) is 3.75. The molecule has 1 aliphatic heterocycles. The highest BCUT2D eigenvalue weighted by Gasteiger charge is 2.24. The lowest BCUT2D eigenvalue weighted by Crippen LogP contribution is -2.53. The van der Waals surface area contributed by atoms with E-state index < -0.39 is 0 Å². The Labute approximate surface area is 124 Å². The monoisotopic (exact) mass is 288 g/mol. The Kier molecular flexibility index (Phi) is 7.73. The molecule has 1 fully saturated rings. The van der Waals surface area contributed by atoms with Crippen molar-refractivity contribution in [3.05, 3.63) is 0 Å². The number of rotatable bonds is 7. The molecule has 1 heterocycles. The number of ether oxygens (including phenoxy) is 1. The molecule has 0 bridgehead atoms. The molecule has 0 aromatic rings. The van der Waals surface area contributed by atoms with Gasteiger partial charge in [-0.1, -0.05) is 20.8 Å². The van der Waals surface area contributed by atoms with Crippen LogP contribution in [0.1, 0.15) is 34.1 Å². The Hall–Kier alpha value is 0.230. The Morgan fingerprint density at radius 3 is 2.53 bits per heavy atom. The normalized spacial score (nSPS) is 22.9. The molecule has 0 saturated carbocycles. The summed E-state index contributed by atoms with van der Waals surface area (Å²) in [6.07, 6.45) is 3.37. The van der Waals surface area contributed by atoms with Gasteiger partial charge >= 0.3 is 0 Å². The quantitative estimate of drug-likeness (QED) is 0.528. The van der Waals surface area contributed by atoms with Crippen LogP contribution >= 0.6 is 11.8 Å². The summed E-state index contributed by atoms with van der Waals surface area (Å²) in [6.45, 7) is 16.1. The van der Waals surface area contributed by atoms with Gasteiger partial charge in [-0.3, -0.25) is 4.90 Å². The fraction of sp³-hybridized carbons (Fsp3) is 1.00. The lowest BCUT2D eigenvalue weighted by atomic mass is 9.92. The molecule has 0 radical (unpaired) electrons. The molecule has 1 saturated heterocycles. The van der Waals surface area contributed by atoms with Crippen molar-refractivity contribution >= 4 is 11.8 Å². The van der Waals surface area contributed by atoms with Crippen molar-refractivity contribution in [2.75, 3.05) is 51.5 Å². The lowest BCUT2D eigenvalue weighted by Gasteiger charge is -2.40. The number of hydrogen-bond acceptors (Lipinski definition) is 4. The number of thioether (sulfide) groups is 1. The summed E-state index contributed by atoms with van der Waals surface area (Å²) >= 11 is 1.75. The second kappa shape index (κ2) is 8.50. The van der Waals surface area contributed by atoms with Crippen LogP contribution in [0.3, 0.4) is 0 Å². The minimum atomic E-state index is 0.450. The maximum absolute atomic E-state index is 5.56. The highest BCUT2D eigenvalue weighted by atomic mass is 32.2. The zero-order valence-corrected chi connectivity index (χ0v) is 14.3. The summed E-state index contributed by atoms with van der Waals surface area (Å²) in [6, 6.07) is 0.659. The summed E-state index contributed by atoms with van der Waals surface area (Å²) < 4.78 is 5.56. The largest absolute Gasteiger partial charge is 0.370 e. The maximum atomic E-state index is 5.56. The second-order valence-electron chi connectivity index (χ2n) is 6.81. The Morgan fingerprint density at radius 1 is 1.21 bits per heavy atom. The van der Waals surface area contributed by atoms with Crippen LogP contribution in [0.15, 0.2) is 0 Å². The molecule has 1 atom stereocenters. The Bertz CT molecular complexity index is 243. The van der Waals surface area contributed by atoms with Gasteiger partial charge in [0.15, 0.2) is 0 Å². The van der Waals surface area contributed by atoms with Crippen LogP contribution in [0.25, 0.3) is 0 Å².